The van der Waals surface area contributed by atoms with Crippen LogP contribution in [-0.2, 0) is 13.1 Å². The van der Waals surface area contributed by atoms with Gasteiger partial charge in [-0.3, -0.25) is 14.7 Å². The normalized spacial score (nSPS) is 15.8. The number of hydrogen-bond donors (Lipinski definition) is 2. The van der Waals surface area contributed by atoms with E-state index in [-0.39, 0.29) is 29.4 Å². The van der Waals surface area contributed by atoms with Crippen LogP contribution in [0.5, 0.6) is 0 Å². The lowest BCUT2D eigenvalue weighted by Crippen LogP contribution is -2.38. The van der Waals surface area contributed by atoms with Crippen molar-refractivity contribution in [2.45, 2.75) is 32.9 Å². The number of pyridine rings is 1. The molecule has 7 nitrogen and oxygen atoms in total. The summed E-state index contributed by atoms with van der Waals surface area (Å²) in [4.78, 5) is 27.9. The number of nitrogens with one attached hydrogen (secondary N) is 2. The molecule has 1 atom stereocenters. The van der Waals surface area contributed by atoms with E-state index in [4.69, 9.17) is 0 Å². The number of aryl methyl sites for hydroxylation is 1. The molecule has 3 heterocycles. The molecule has 1 aromatic carbocycles. The number of nitrogens with zero attached hydrogens (tertiary/aromatic N) is 3. The number of piperidine rings is 1. The second-order valence-electron chi connectivity index (χ2n) is 8.35. The number of halogens is 1. The van der Waals surface area contributed by atoms with Crippen molar-refractivity contribution in [2.24, 2.45) is 5.92 Å². The third-order valence-electron chi connectivity index (χ3n) is 5.90. The Hall–Kier alpha value is -2.90. The van der Waals surface area contributed by atoms with Gasteiger partial charge in [-0.1, -0.05) is 30.3 Å². The van der Waals surface area contributed by atoms with Gasteiger partial charge in [-0.15, -0.1) is 12.4 Å². The maximum Gasteiger partial charge on any atom is 0.263 e. The molecule has 1 fully saturated rings. The number of hydrogen-bond acceptors (Lipinski definition) is 4. The van der Waals surface area contributed by atoms with Gasteiger partial charge in [0.15, 0.2) is 0 Å². The Bertz CT molecular complexity index is 1100. The van der Waals surface area contributed by atoms with E-state index in [2.05, 4.69) is 15.5 Å². The summed E-state index contributed by atoms with van der Waals surface area (Å²) in [5, 5.41) is 10.7. The standard InChI is InChI=1S/C24H29N5O2.ClH/c1-17-10-12-29(15-18-7-6-11-25-14-18)24(31)22(17)23(30)28(2)16-20-13-21(27-26-20)19-8-4-3-5-9-19;/h3-5,8-10,12-13,18,25H,6-7,11,14-16H2,1-2H3,(H,26,27);1H. The fourth-order valence-electron chi connectivity index (χ4n) is 4.14. The van der Waals surface area contributed by atoms with Crippen LogP contribution in [0.2, 0.25) is 0 Å². The van der Waals surface area contributed by atoms with Crippen LogP contribution in [0.3, 0.4) is 0 Å². The molecule has 0 aliphatic carbocycles. The van der Waals surface area contributed by atoms with Crippen molar-refractivity contribution >= 4 is 18.3 Å². The van der Waals surface area contributed by atoms with E-state index in [1.165, 1.54) is 0 Å². The molecule has 1 saturated heterocycles. The van der Waals surface area contributed by atoms with Crippen molar-refractivity contribution in [2.75, 3.05) is 20.1 Å². The van der Waals surface area contributed by atoms with Gasteiger partial charge < -0.3 is 14.8 Å². The van der Waals surface area contributed by atoms with Crippen LogP contribution in [-0.4, -0.2) is 45.7 Å². The molecule has 0 bridgehead atoms. The number of aromatic amines is 1. The highest BCUT2D eigenvalue weighted by Crippen LogP contribution is 2.18. The Morgan fingerprint density at radius 1 is 1.25 bits per heavy atom. The van der Waals surface area contributed by atoms with Gasteiger partial charge in [-0.05, 0) is 56.5 Å². The number of carbonyl (C=O) groups is 1. The summed E-state index contributed by atoms with van der Waals surface area (Å²) >= 11 is 0. The lowest BCUT2D eigenvalue weighted by Gasteiger charge is -2.24. The Morgan fingerprint density at radius 2 is 2.03 bits per heavy atom. The van der Waals surface area contributed by atoms with Gasteiger partial charge >= 0.3 is 0 Å². The number of aromatic nitrogens is 3. The molecule has 4 rings (SSSR count). The van der Waals surface area contributed by atoms with Crippen LogP contribution in [0.4, 0.5) is 0 Å². The molecular weight excluding hydrogens is 426 g/mol. The van der Waals surface area contributed by atoms with E-state index in [1.807, 2.05) is 55.6 Å². The maximum atomic E-state index is 13.2. The van der Waals surface area contributed by atoms with Gasteiger partial charge in [0, 0.05) is 25.4 Å². The van der Waals surface area contributed by atoms with E-state index in [0.717, 1.165) is 42.9 Å². The SMILES string of the molecule is Cc1ccn(CC2CCCNC2)c(=O)c1C(=O)N(C)Cc1cc(-c2ccccc2)n[nH]1.Cl. The Kier molecular flexibility index (Phi) is 7.88. The number of carbonyl (C=O) groups excluding carboxylic acids is 1. The van der Waals surface area contributed by atoms with Crippen LogP contribution in [0, 0.1) is 12.8 Å². The molecule has 170 valence electrons. The zero-order valence-corrected chi connectivity index (χ0v) is 19.3. The molecule has 1 aliphatic rings. The van der Waals surface area contributed by atoms with Crippen molar-refractivity contribution in [3.63, 3.8) is 0 Å². The molecule has 3 aromatic rings. The highest BCUT2D eigenvalue weighted by Gasteiger charge is 2.22. The first-order valence-corrected chi connectivity index (χ1v) is 10.8. The van der Waals surface area contributed by atoms with Crippen LogP contribution in [0.1, 0.15) is 34.5 Å². The fourth-order valence-corrected chi connectivity index (χ4v) is 4.14. The van der Waals surface area contributed by atoms with Gasteiger partial charge in [-0.2, -0.15) is 5.10 Å². The number of H-pyrrole nitrogens is 1. The van der Waals surface area contributed by atoms with Crippen LogP contribution < -0.4 is 10.9 Å². The first-order chi connectivity index (χ1) is 15.0. The summed E-state index contributed by atoms with van der Waals surface area (Å²) in [5.41, 5.74) is 3.40. The Morgan fingerprint density at radius 3 is 2.75 bits per heavy atom. The summed E-state index contributed by atoms with van der Waals surface area (Å²) in [6.45, 7) is 4.75. The van der Waals surface area contributed by atoms with E-state index in [0.29, 0.717) is 24.6 Å². The average molecular weight is 456 g/mol. The molecule has 0 spiro atoms. The maximum absolute atomic E-state index is 13.2. The summed E-state index contributed by atoms with van der Waals surface area (Å²) in [6, 6.07) is 13.7. The second-order valence-corrected chi connectivity index (χ2v) is 8.35. The molecule has 1 amide bonds. The van der Waals surface area contributed by atoms with E-state index < -0.39 is 0 Å². The first-order valence-electron chi connectivity index (χ1n) is 10.8. The lowest BCUT2D eigenvalue weighted by atomic mass is 9.99. The highest BCUT2D eigenvalue weighted by atomic mass is 35.5. The molecule has 8 heteroatoms. The molecular formula is C24H30ClN5O2. The Labute approximate surface area is 194 Å². The minimum atomic E-state index is -0.269. The largest absolute Gasteiger partial charge is 0.336 e. The smallest absolute Gasteiger partial charge is 0.263 e. The van der Waals surface area contributed by atoms with Crippen molar-refractivity contribution in [3.05, 3.63) is 75.8 Å². The summed E-state index contributed by atoms with van der Waals surface area (Å²) in [6.07, 6.45) is 4.03. The first kappa shape index (κ1) is 23.8. The van der Waals surface area contributed by atoms with Crippen molar-refractivity contribution in [3.8, 4) is 11.3 Å². The third-order valence-corrected chi connectivity index (χ3v) is 5.90. The monoisotopic (exact) mass is 455 g/mol. The van der Waals surface area contributed by atoms with Gasteiger partial charge in [-0.25, -0.2) is 0 Å². The van der Waals surface area contributed by atoms with E-state index in [1.54, 1.807) is 16.5 Å². The molecule has 32 heavy (non-hydrogen) atoms. The molecule has 2 N–H and O–H groups in total. The number of amides is 1. The quantitative estimate of drug-likeness (QED) is 0.597. The topological polar surface area (TPSA) is 83.0 Å². The van der Waals surface area contributed by atoms with E-state index in [9.17, 15) is 9.59 Å². The van der Waals surface area contributed by atoms with Gasteiger partial charge in [0.25, 0.3) is 11.5 Å². The van der Waals surface area contributed by atoms with Crippen molar-refractivity contribution < 1.29 is 4.79 Å². The molecule has 1 unspecified atom stereocenters. The number of rotatable bonds is 6. The lowest BCUT2D eigenvalue weighted by molar-refractivity contribution is 0.0780. The summed E-state index contributed by atoms with van der Waals surface area (Å²) in [5.74, 6) is 0.144. The molecule has 1 aliphatic heterocycles. The average Bonchev–Trinajstić information content (AvgIpc) is 3.25. The van der Waals surface area contributed by atoms with Gasteiger partial charge in [0.1, 0.15) is 5.56 Å². The zero-order valence-electron chi connectivity index (χ0n) is 18.5. The van der Waals surface area contributed by atoms with Crippen LogP contribution in [0.25, 0.3) is 11.3 Å². The summed E-state index contributed by atoms with van der Waals surface area (Å²) in [7, 11) is 1.71. The predicted octanol–water partition coefficient (Wildman–Crippen LogP) is 3.24. The van der Waals surface area contributed by atoms with E-state index >= 15 is 0 Å². The Balaban J connectivity index is 0.00000289. The van der Waals surface area contributed by atoms with Crippen LogP contribution in [0.15, 0.2) is 53.5 Å². The predicted molar refractivity (Wildman–Crippen MR) is 128 cm³/mol. The second kappa shape index (κ2) is 10.6. The van der Waals surface area contributed by atoms with Gasteiger partial charge in [0.05, 0.1) is 17.9 Å². The molecule has 0 saturated carbocycles. The summed E-state index contributed by atoms with van der Waals surface area (Å²) < 4.78 is 1.69. The molecule has 0 radical (unpaired) electrons. The zero-order chi connectivity index (χ0) is 21.8. The minimum Gasteiger partial charge on any atom is -0.336 e. The molecule has 2 aromatic heterocycles. The van der Waals surface area contributed by atoms with Crippen molar-refractivity contribution in [1.82, 2.24) is 25.0 Å². The number of benzene rings is 1. The highest BCUT2D eigenvalue weighted by molar-refractivity contribution is 5.95. The fraction of sp³-hybridized carbons (Fsp3) is 0.375. The third kappa shape index (κ3) is 5.29. The van der Waals surface area contributed by atoms with Crippen LogP contribution >= 0.6 is 12.4 Å². The van der Waals surface area contributed by atoms with Crippen molar-refractivity contribution in [1.29, 1.82) is 0 Å². The minimum absolute atomic E-state index is 0. The van der Waals surface area contributed by atoms with Gasteiger partial charge in [0.2, 0.25) is 0 Å².